The Bertz CT molecular complexity index is 260. The van der Waals surface area contributed by atoms with E-state index in [9.17, 15) is 0 Å². The van der Waals surface area contributed by atoms with Crippen LogP contribution in [0.25, 0.3) is 0 Å². The lowest BCUT2D eigenvalue weighted by atomic mass is 10.3. The lowest BCUT2D eigenvalue weighted by Crippen LogP contribution is -1.87. The average molecular weight is 152 g/mol. The third kappa shape index (κ3) is 1.93. The molecule has 0 radical (unpaired) electrons. The third-order valence-corrected chi connectivity index (χ3v) is 1.18. The van der Waals surface area contributed by atoms with Crippen molar-refractivity contribution < 1.29 is 9.94 Å². The largest absolute Gasteiger partial charge is 0.495 e. The summed E-state index contributed by atoms with van der Waals surface area (Å²) in [6.45, 7) is 0. The zero-order chi connectivity index (χ0) is 8.10. The summed E-state index contributed by atoms with van der Waals surface area (Å²) < 4.78 is 4.90. The maximum Gasteiger partial charge on any atom is 0.137 e. The van der Waals surface area contributed by atoms with Crippen LogP contribution in [0.2, 0.25) is 0 Å². The van der Waals surface area contributed by atoms with Crippen molar-refractivity contribution in [3.05, 3.63) is 24.0 Å². The first-order valence-electron chi connectivity index (χ1n) is 3.03. The van der Waals surface area contributed by atoms with Gasteiger partial charge in [0.25, 0.3) is 0 Å². The van der Waals surface area contributed by atoms with Crippen LogP contribution in [0.5, 0.6) is 5.75 Å². The van der Waals surface area contributed by atoms with Gasteiger partial charge in [-0.25, -0.2) is 0 Å². The van der Waals surface area contributed by atoms with Crippen molar-refractivity contribution >= 4 is 6.21 Å². The molecule has 1 aromatic rings. The van der Waals surface area contributed by atoms with E-state index in [0.717, 1.165) is 0 Å². The molecule has 0 spiro atoms. The summed E-state index contributed by atoms with van der Waals surface area (Å²) in [5.74, 6) is 0.641. The van der Waals surface area contributed by atoms with E-state index in [0.29, 0.717) is 11.3 Å². The molecule has 0 unspecified atom stereocenters. The van der Waals surface area contributed by atoms with Crippen molar-refractivity contribution in [1.82, 2.24) is 4.98 Å². The number of aromatic nitrogens is 1. The molecule has 0 saturated carbocycles. The summed E-state index contributed by atoms with van der Waals surface area (Å²) in [6, 6.07) is 1.72. The molecule has 0 aromatic carbocycles. The molecular formula is C7H8N2O2. The first-order chi connectivity index (χ1) is 5.36. The van der Waals surface area contributed by atoms with Crippen molar-refractivity contribution in [2.75, 3.05) is 7.11 Å². The zero-order valence-corrected chi connectivity index (χ0v) is 6.06. The highest BCUT2D eigenvalue weighted by Crippen LogP contribution is 2.07. The van der Waals surface area contributed by atoms with E-state index in [1.165, 1.54) is 6.21 Å². The average Bonchev–Trinajstić information content (AvgIpc) is 2.06. The van der Waals surface area contributed by atoms with Gasteiger partial charge in [0.2, 0.25) is 0 Å². The van der Waals surface area contributed by atoms with Crippen LogP contribution in [0.3, 0.4) is 0 Å². The minimum Gasteiger partial charge on any atom is -0.495 e. The van der Waals surface area contributed by atoms with Gasteiger partial charge in [-0.2, -0.15) is 0 Å². The van der Waals surface area contributed by atoms with Crippen LogP contribution in [0.1, 0.15) is 5.56 Å². The van der Waals surface area contributed by atoms with Crippen LogP contribution in [-0.2, 0) is 0 Å². The number of hydrogen-bond donors (Lipinski definition) is 1. The Morgan fingerprint density at radius 1 is 1.64 bits per heavy atom. The van der Waals surface area contributed by atoms with Gasteiger partial charge in [0.15, 0.2) is 0 Å². The van der Waals surface area contributed by atoms with Crippen LogP contribution in [0.4, 0.5) is 0 Å². The molecule has 58 valence electrons. The minimum atomic E-state index is 0.641. The molecule has 1 N–H and O–H groups in total. The lowest BCUT2D eigenvalue weighted by molar-refractivity contribution is 0.322. The molecule has 0 saturated heterocycles. The van der Waals surface area contributed by atoms with Crippen molar-refractivity contribution in [2.45, 2.75) is 0 Å². The van der Waals surface area contributed by atoms with Gasteiger partial charge in [-0.05, 0) is 6.07 Å². The molecule has 0 bridgehead atoms. The van der Waals surface area contributed by atoms with Gasteiger partial charge in [-0.15, -0.1) is 0 Å². The number of nitrogens with zero attached hydrogens (tertiary/aromatic N) is 2. The highest BCUT2D eigenvalue weighted by molar-refractivity contribution is 5.78. The smallest absolute Gasteiger partial charge is 0.137 e. The Kier molecular flexibility index (Phi) is 2.43. The fourth-order valence-electron chi connectivity index (χ4n) is 0.684. The van der Waals surface area contributed by atoms with Gasteiger partial charge in [-0.3, -0.25) is 4.98 Å². The van der Waals surface area contributed by atoms with Crippen molar-refractivity contribution in [3.63, 3.8) is 0 Å². The number of hydrogen-bond acceptors (Lipinski definition) is 4. The normalized spacial score (nSPS) is 10.3. The van der Waals surface area contributed by atoms with E-state index in [4.69, 9.17) is 9.94 Å². The van der Waals surface area contributed by atoms with E-state index in [2.05, 4.69) is 10.1 Å². The van der Waals surface area contributed by atoms with Gasteiger partial charge >= 0.3 is 0 Å². The molecule has 1 rings (SSSR count). The fraction of sp³-hybridized carbons (Fsp3) is 0.143. The number of pyridine rings is 1. The lowest BCUT2D eigenvalue weighted by Gasteiger charge is -1.97. The predicted molar refractivity (Wildman–Crippen MR) is 40.2 cm³/mol. The molecule has 4 nitrogen and oxygen atoms in total. The molecule has 0 aliphatic carbocycles. The molecule has 0 atom stereocenters. The van der Waals surface area contributed by atoms with Gasteiger partial charge in [0.1, 0.15) is 5.75 Å². The molecule has 0 fully saturated rings. The van der Waals surface area contributed by atoms with E-state index >= 15 is 0 Å². The summed E-state index contributed by atoms with van der Waals surface area (Å²) in [7, 11) is 1.55. The Morgan fingerprint density at radius 3 is 3.09 bits per heavy atom. The van der Waals surface area contributed by atoms with Crippen molar-refractivity contribution in [1.29, 1.82) is 0 Å². The van der Waals surface area contributed by atoms with Crippen molar-refractivity contribution in [3.8, 4) is 5.75 Å². The topological polar surface area (TPSA) is 54.7 Å². The van der Waals surface area contributed by atoms with E-state index in [1.807, 2.05) is 0 Å². The van der Waals surface area contributed by atoms with Crippen LogP contribution in [-0.4, -0.2) is 23.5 Å². The van der Waals surface area contributed by atoms with Gasteiger partial charge < -0.3 is 9.94 Å². The maximum atomic E-state index is 8.18. The Hall–Kier alpha value is -1.58. The second kappa shape index (κ2) is 3.55. The molecule has 0 aliphatic heterocycles. The van der Waals surface area contributed by atoms with Crippen LogP contribution >= 0.6 is 0 Å². The van der Waals surface area contributed by atoms with Crippen LogP contribution < -0.4 is 4.74 Å². The maximum absolute atomic E-state index is 8.18. The summed E-state index contributed by atoms with van der Waals surface area (Å²) in [4.78, 5) is 3.85. The van der Waals surface area contributed by atoms with E-state index < -0.39 is 0 Å². The number of oxime groups is 1. The van der Waals surface area contributed by atoms with Gasteiger partial charge in [-0.1, -0.05) is 5.16 Å². The minimum absolute atomic E-state index is 0.641. The monoisotopic (exact) mass is 152 g/mol. The molecule has 4 heteroatoms. The molecule has 11 heavy (non-hydrogen) atoms. The summed E-state index contributed by atoms with van der Waals surface area (Å²) in [5.41, 5.74) is 0.701. The fourth-order valence-corrected chi connectivity index (χ4v) is 0.684. The van der Waals surface area contributed by atoms with Gasteiger partial charge in [0, 0.05) is 11.8 Å². The number of methoxy groups -OCH3 is 1. The number of rotatable bonds is 2. The highest BCUT2D eigenvalue weighted by Gasteiger charge is 1.91. The third-order valence-electron chi connectivity index (χ3n) is 1.18. The Labute approximate surface area is 64.1 Å². The molecule has 0 aliphatic rings. The molecule has 1 aromatic heterocycles. The van der Waals surface area contributed by atoms with E-state index in [1.54, 1.807) is 25.6 Å². The Morgan fingerprint density at radius 2 is 2.45 bits per heavy atom. The molecular weight excluding hydrogens is 144 g/mol. The molecule has 0 amide bonds. The quantitative estimate of drug-likeness (QED) is 0.389. The highest BCUT2D eigenvalue weighted by atomic mass is 16.5. The second-order valence-electron chi connectivity index (χ2n) is 1.90. The number of ether oxygens (including phenoxy) is 1. The van der Waals surface area contributed by atoms with Crippen molar-refractivity contribution in [2.24, 2.45) is 5.16 Å². The summed E-state index contributed by atoms with van der Waals surface area (Å²) in [5, 5.41) is 11.0. The second-order valence-corrected chi connectivity index (χ2v) is 1.90. The Balaban J connectivity index is 2.91. The zero-order valence-electron chi connectivity index (χ0n) is 6.06. The standard InChI is InChI=1S/C7H8N2O2/c1-11-7-2-6(4-9-10)3-8-5-7/h2-5,10H,1H3/b9-4-. The van der Waals surface area contributed by atoms with Gasteiger partial charge in [0.05, 0.1) is 19.5 Å². The van der Waals surface area contributed by atoms with Crippen LogP contribution in [0.15, 0.2) is 23.6 Å². The first-order valence-corrected chi connectivity index (χ1v) is 3.03. The summed E-state index contributed by atoms with van der Waals surface area (Å²) in [6.07, 6.45) is 4.44. The summed E-state index contributed by atoms with van der Waals surface area (Å²) >= 11 is 0. The SMILES string of the molecule is COc1cncc(/C=N\O)c1. The van der Waals surface area contributed by atoms with E-state index in [-0.39, 0.29) is 0 Å². The van der Waals surface area contributed by atoms with Crippen LogP contribution in [0, 0.1) is 0 Å². The molecule has 1 heterocycles. The first kappa shape index (κ1) is 7.53. The predicted octanol–water partition coefficient (Wildman–Crippen LogP) is 0.898.